The molecule has 5 nitrogen and oxygen atoms in total. The first-order chi connectivity index (χ1) is 7.58. The Morgan fingerprint density at radius 1 is 1.38 bits per heavy atom. The molecule has 0 saturated heterocycles. The van der Waals surface area contributed by atoms with E-state index in [2.05, 4.69) is 20.6 Å². The van der Waals surface area contributed by atoms with Crippen molar-refractivity contribution < 1.29 is 4.39 Å². The molecule has 16 heavy (non-hydrogen) atoms. The molecule has 0 radical (unpaired) electrons. The second kappa shape index (κ2) is 3.97. The van der Waals surface area contributed by atoms with Crippen molar-refractivity contribution in [2.75, 3.05) is 0 Å². The minimum absolute atomic E-state index is 0.262. The molecule has 1 aromatic heterocycles. The smallest absolute Gasteiger partial charge is 0.194 e. The Balaban J connectivity index is 2.18. The fraction of sp³-hybridized carbons (Fsp3) is 0.300. The van der Waals surface area contributed by atoms with Gasteiger partial charge in [0.1, 0.15) is 5.82 Å². The zero-order valence-corrected chi connectivity index (χ0v) is 8.81. The predicted molar refractivity (Wildman–Crippen MR) is 55.8 cm³/mol. The molecule has 1 heterocycles. The first-order valence-corrected chi connectivity index (χ1v) is 4.85. The summed E-state index contributed by atoms with van der Waals surface area (Å²) in [7, 11) is 0. The van der Waals surface area contributed by atoms with Gasteiger partial charge < -0.3 is 5.73 Å². The van der Waals surface area contributed by atoms with Crippen LogP contribution < -0.4 is 5.73 Å². The summed E-state index contributed by atoms with van der Waals surface area (Å²) < 4.78 is 12.7. The van der Waals surface area contributed by atoms with Crippen LogP contribution >= 0.6 is 0 Å². The third kappa shape index (κ3) is 2.22. The summed E-state index contributed by atoms with van der Waals surface area (Å²) in [4.78, 5) is 0. The van der Waals surface area contributed by atoms with Crippen LogP contribution in [0.3, 0.4) is 0 Å². The Morgan fingerprint density at radius 3 is 2.62 bits per heavy atom. The molecule has 0 saturated carbocycles. The van der Waals surface area contributed by atoms with Gasteiger partial charge in [-0.3, -0.25) is 0 Å². The maximum atomic E-state index is 12.7. The van der Waals surface area contributed by atoms with E-state index < -0.39 is 5.54 Å². The summed E-state index contributed by atoms with van der Waals surface area (Å²) >= 11 is 0. The van der Waals surface area contributed by atoms with Crippen LogP contribution in [0, 0.1) is 5.82 Å². The lowest BCUT2D eigenvalue weighted by Crippen LogP contribution is -2.36. The summed E-state index contributed by atoms with van der Waals surface area (Å²) in [5.41, 5.74) is 6.28. The highest BCUT2D eigenvalue weighted by Crippen LogP contribution is 2.18. The molecular formula is C10H12FN5. The number of aromatic nitrogens is 4. The molecular weight excluding hydrogens is 209 g/mol. The molecule has 0 spiro atoms. The van der Waals surface area contributed by atoms with Crippen LogP contribution in [0.25, 0.3) is 0 Å². The fourth-order valence-electron chi connectivity index (χ4n) is 1.51. The number of H-pyrrole nitrogens is 1. The van der Waals surface area contributed by atoms with E-state index in [4.69, 9.17) is 5.73 Å². The summed E-state index contributed by atoms with van der Waals surface area (Å²) in [6, 6.07) is 6.20. The minimum Gasteiger partial charge on any atom is -0.319 e. The zero-order valence-electron chi connectivity index (χ0n) is 8.81. The summed E-state index contributed by atoms with van der Waals surface area (Å²) in [5, 5.41) is 13.5. The molecule has 0 amide bonds. The first kappa shape index (κ1) is 10.7. The normalized spacial score (nSPS) is 14.7. The van der Waals surface area contributed by atoms with Gasteiger partial charge >= 0.3 is 0 Å². The van der Waals surface area contributed by atoms with Crippen LogP contribution in [-0.2, 0) is 12.0 Å². The van der Waals surface area contributed by atoms with Crippen molar-refractivity contribution in [3.05, 3.63) is 41.5 Å². The molecule has 1 atom stereocenters. The Hall–Kier alpha value is -1.82. The van der Waals surface area contributed by atoms with Crippen molar-refractivity contribution in [2.24, 2.45) is 5.73 Å². The monoisotopic (exact) mass is 221 g/mol. The largest absolute Gasteiger partial charge is 0.319 e. The third-order valence-corrected chi connectivity index (χ3v) is 2.34. The molecule has 0 fully saturated rings. The van der Waals surface area contributed by atoms with Crippen LogP contribution in [0.4, 0.5) is 4.39 Å². The molecule has 2 rings (SSSR count). The second-order valence-corrected chi connectivity index (χ2v) is 3.96. The number of nitrogens with two attached hydrogens (primary N) is 1. The molecule has 3 N–H and O–H groups in total. The molecule has 1 unspecified atom stereocenters. The topological polar surface area (TPSA) is 80.5 Å². The van der Waals surface area contributed by atoms with Crippen LogP contribution in [0.15, 0.2) is 24.3 Å². The maximum absolute atomic E-state index is 12.7. The highest BCUT2D eigenvalue weighted by atomic mass is 19.1. The number of hydrogen-bond acceptors (Lipinski definition) is 4. The summed E-state index contributed by atoms with van der Waals surface area (Å²) in [6.45, 7) is 1.81. The van der Waals surface area contributed by atoms with Gasteiger partial charge in [0.2, 0.25) is 0 Å². The van der Waals surface area contributed by atoms with Crippen LogP contribution in [0.5, 0.6) is 0 Å². The van der Waals surface area contributed by atoms with E-state index in [9.17, 15) is 4.39 Å². The Kier molecular flexibility index (Phi) is 2.66. The maximum Gasteiger partial charge on any atom is 0.194 e. The number of nitrogens with one attached hydrogen (secondary N) is 1. The number of rotatable bonds is 3. The molecule has 2 aromatic rings. The minimum atomic E-state index is -0.717. The van der Waals surface area contributed by atoms with E-state index in [1.807, 2.05) is 0 Å². The summed E-state index contributed by atoms with van der Waals surface area (Å²) in [6.07, 6.45) is 0.521. The van der Waals surface area contributed by atoms with Gasteiger partial charge in [0.05, 0.1) is 5.54 Å². The van der Waals surface area contributed by atoms with Crippen molar-refractivity contribution in [1.29, 1.82) is 0 Å². The van der Waals surface area contributed by atoms with E-state index in [-0.39, 0.29) is 5.82 Å². The van der Waals surface area contributed by atoms with Gasteiger partial charge in [-0.1, -0.05) is 17.3 Å². The predicted octanol–water partition coefficient (Wildman–Crippen LogP) is 0.755. The van der Waals surface area contributed by atoms with Crippen LogP contribution in [0.1, 0.15) is 18.3 Å². The highest BCUT2D eigenvalue weighted by Gasteiger charge is 2.26. The van der Waals surface area contributed by atoms with E-state index in [1.54, 1.807) is 19.1 Å². The molecule has 84 valence electrons. The summed E-state index contributed by atoms with van der Waals surface area (Å²) in [5.74, 6) is 0.180. The molecule has 0 bridgehead atoms. The first-order valence-electron chi connectivity index (χ1n) is 4.85. The average molecular weight is 221 g/mol. The van der Waals surface area contributed by atoms with Gasteiger partial charge in [-0.05, 0) is 31.0 Å². The molecule has 0 aliphatic carbocycles. The molecule has 1 aromatic carbocycles. The van der Waals surface area contributed by atoms with Gasteiger partial charge in [-0.15, -0.1) is 10.2 Å². The zero-order chi connectivity index (χ0) is 11.6. The van der Waals surface area contributed by atoms with Gasteiger partial charge in [0, 0.05) is 0 Å². The standard InChI is InChI=1S/C10H12FN5/c1-10(12,9-13-15-16-14-9)6-7-2-4-8(11)5-3-7/h2-5H,6,12H2,1H3,(H,13,14,15,16). The van der Waals surface area contributed by atoms with Crippen molar-refractivity contribution in [1.82, 2.24) is 20.6 Å². The lowest BCUT2D eigenvalue weighted by Gasteiger charge is -2.20. The van der Waals surface area contributed by atoms with Gasteiger partial charge in [-0.25, -0.2) is 4.39 Å². The number of hydrogen-bond donors (Lipinski definition) is 2. The van der Waals surface area contributed by atoms with E-state index >= 15 is 0 Å². The van der Waals surface area contributed by atoms with Crippen molar-refractivity contribution in [2.45, 2.75) is 18.9 Å². The lowest BCUT2D eigenvalue weighted by atomic mass is 9.93. The number of aromatic amines is 1. The quantitative estimate of drug-likeness (QED) is 0.801. The Bertz CT molecular complexity index is 449. The molecule has 0 aliphatic rings. The van der Waals surface area contributed by atoms with E-state index in [0.29, 0.717) is 12.2 Å². The van der Waals surface area contributed by atoms with Crippen LogP contribution in [0.2, 0.25) is 0 Å². The SMILES string of the molecule is CC(N)(Cc1ccc(F)cc1)c1nn[nH]n1. The lowest BCUT2D eigenvalue weighted by molar-refractivity contribution is 0.458. The van der Waals surface area contributed by atoms with Crippen LogP contribution in [-0.4, -0.2) is 20.6 Å². The number of tetrazole rings is 1. The van der Waals surface area contributed by atoms with Crippen molar-refractivity contribution in [3.63, 3.8) is 0 Å². The Labute approximate surface area is 91.9 Å². The Morgan fingerprint density at radius 2 is 2.06 bits per heavy atom. The highest BCUT2D eigenvalue weighted by molar-refractivity contribution is 5.20. The number of halogens is 1. The van der Waals surface area contributed by atoms with Crippen molar-refractivity contribution >= 4 is 0 Å². The molecule has 0 aliphatic heterocycles. The third-order valence-electron chi connectivity index (χ3n) is 2.34. The van der Waals surface area contributed by atoms with E-state index in [1.165, 1.54) is 12.1 Å². The number of nitrogens with zero attached hydrogens (tertiary/aromatic N) is 3. The van der Waals surface area contributed by atoms with Gasteiger partial charge in [0.15, 0.2) is 5.82 Å². The number of benzene rings is 1. The van der Waals surface area contributed by atoms with E-state index in [0.717, 1.165) is 5.56 Å². The van der Waals surface area contributed by atoms with Gasteiger partial charge in [-0.2, -0.15) is 5.21 Å². The average Bonchev–Trinajstić information content (AvgIpc) is 2.75. The molecule has 6 heteroatoms. The fourth-order valence-corrected chi connectivity index (χ4v) is 1.51. The van der Waals surface area contributed by atoms with Crippen molar-refractivity contribution in [3.8, 4) is 0 Å². The van der Waals surface area contributed by atoms with Gasteiger partial charge in [0.25, 0.3) is 0 Å². The second-order valence-electron chi connectivity index (χ2n) is 3.96.